The smallest absolute Gasteiger partial charge is 0.255 e. The highest BCUT2D eigenvalue weighted by Crippen LogP contribution is 2.22. The zero-order valence-corrected chi connectivity index (χ0v) is 16.8. The second-order valence-electron chi connectivity index (χ2n) is 6.82. The van der Waals surface area contributed by atoms with E-state index in [1.165, 1.54) is 0 Å². The van der Waals surface area contributed by atoms with Gasteiger partial charge < -0.3 is 14.6 Å². The fraction of sp³-hybridized carbons (Fsp3) is 0.273. The first-order chi connectivity index (χ1) is 13.5. The molecule has 3 aromatic rings. The second-order valence-corrected chi connectivity index (χ2v) is 7.23. The summed E-state index contributed by atoms with van der Waals surface area (Å²) in [6.07, 6.45) is 3.73. The molecule has 0 saturated carbocycles. The first-order valence-electron chi connectivity index (χ1n) is 9.25. The highest BCUT2D eigenvalue weighted by molar-refractivity contribution is 6.31. The third-order valence-electron chi connectivity index (χ3n) is 4.52. The normalized spacial score (nSPS) is 11.8. The van der Waals surface area contributed by atoms with Crippen molar-refractivity contribution in [2.45, 2.75) is 27.0 Å². The van der Waals surface area contributed by atoms with Gasteiger partial charge in [-0.3, -0.25) is 4.79 Å². The number of carbonyl (C=O) groups excluding carboxylic acids is 1. The number of rotatable bonds is 8. The fourth-order valence-corrected chi connectivity index (χ4v) is 3.10. The van der Waals surface area contributed by atoms with E-state index < -0.39 is 0 Å². The third-order valence-corrected chi connectivity index (χ3v) is 4.88. The Kier molecular flexibility index (Phi) is 6.71. The average Bonchev–Trinajstić information content (AvgIpc) is 3.10. The SMILES string of the molecule is Cc1nccn1CC(C)CNC(=O)c1ccccc1OCc1ccccc1Cl. The highest BCUT2D eigenvalue weighted by atomic mass is 35.5. The Morgan fingerprint density at radius 2 is 1.96 bits per heavy atom. The second kappa shape index (κ2) is 9.42. The molecule has 0 fully saturated rings. The molecule has 1 atom stereocenters. The Hall–Kier alpha value is -2.79. The number of hydrogen-bond acceptors (Lipinski definition) is 3. The topological polar surface area (TPSA) is 56.2 Å². The predicted octanol–water partition coefficient (Wildman–Crippen LogP) is 4.49. The van der Waals surface area contributed by atoms with Gasteiger partial charge in [0, 0.05) is 36.1 Å². The van der Waals surface area contributed by atoms with Crippen molar-refractivity contribution in [2.75, 3.05) is 6.54 Å². The van der Waals surface area contributed by atoms with Gasteiger partial charge in [-0.25, -0.2) is 4.98 Å². The number of hydrogen-bond donors (Lipinski definition) is 1. The Morgan fingerprint density at radius 1 is 1.21 bits per heavy atom. The Bertz CT molecular complexity index is 939. The van der Waals surface area contributed by atoms with Crippen LogP contribution in [0.4, 0.5) is 0 Å². The van der Waals surface area contributed by atoms with Crippen molar-refractivity contribution in [2.24, 2.45) is 5.92 Å². The lowest BCUT2D eigenvalue weighted by Crippen LogP contribution is -2.30. The van der Waals surface area contributed by atoms with Crippen molar-refractivity contribution in [3.05, 3.63) is 82.9 Å². The molecule has 0 spiro atoms. The Labute approximate surface area is 170 Å². The molecule has 1 N–H and O–H groups in total. The van der Waals surface area contributed by atoms with Crippen LogP contribution in [0.25, 0.3) is 0 Å². The monoisotopic (exact) mass is 397 g/mol. The van der Waals surface area contributed by atoms with Gasteiger partial charge in [0.2, 0.25) is 0 Å². The van der Waals surface area contributed by atoms with E-state index in [1.807, 2.05) is 49.5 Å². The van der Waals surface area contributed by atoms with Crippen molar-refractivity contribution >= 4 is 17.5 Å². The summed E-state index contributed by atoms with van der Waals surface area (Å²) in [5.74, 6) is 1.63. The lowest BCUT2D eigenvalue weighted by molar-refractivity contribution is 0.0942. The molecule has 0 bridgehead atoms. The van der Waals surface area contributed by atoms with Crippen LogP contribution in [0.3, 0.4) is 0 Å². The minimum atomic E-state index is -0.149. The summed E-state index contributed by atoms with van der Waals surface area (Å²) < 4.78 is 7.96. The largest absolute Gasteiger partial charge is 0.488 e. The van der Waals surface area contributed by atoms with Crippen LogP contribution in [0, 0.1) is 12.8 Å². The van der Waals surface area contributed by atoms with E-state index in [0.29, 0.717) is 29.5 Å². The number of ether oxygens (including phenoxy) is 1. The first kappa shape index (κ1) is 20.0. The quantitative estimate of drug-likeness (QED) is 0.609. The number of benzene rings is 2. The zero-order chi connectivity index (χ0) is 19.9. The average molecular weight is 398 g/mol. The van der Waals surface area contributed by atoms with Gasteiger partial charge in [-0.05, 0) is 31.0 Å². The van der Waals surface area contributed by atoms with Crippen LogP contribution in [-0.2, 0) is 13.2 Å². The number of nitrogens with one attached hydrogen (secondary N) is 1. The van der Waals surface area contributed by atoms with Crippen molar-refractivity contribution in [3.8, 4) is 5.75 Å². The van der Waals surface area contributed by atoms with Gasteiger partial charge >= 0.3 is 0 Å². The lowest BCUT2D eigenvalue weighted by atomic mass is 10.1. The highest BCUT2D eigenvalue weighted by Gasteiger charge is 2.14. The number of para-hydroxylation sites is 1. The van der Waals surface area contributed by atoms with Crippen molar-refractivity contribution in [1.82, 2.24) is 14.9 Å². The summed E-state index contributed by atoms with van der Waals surface area (Å²) in [5, 5.41) is 3.65. The van der Waals surface area contributed by atoms with Gasteiger partial charge in [0.25, 0.3) is 5.91 Å². The predicted molar refractivity (Wildman–Crippen MR) is 111 cm³/mol. The molecule has 0 radical (unpaired) electrons. The van der Waals surface area contributed by atoms with E-state index in [0.717, 1.165) is 17.9 Å². The Balaban J connectivity index is 1.59. The van der Waals surface area contributed by atoms with E-state index in [9.17, 15) is 4.79 Å². The van der Waals surface area contributed by atoms with Gasteiger partial charge in [0.1, 0.15) is 18.2 Å². The number of amides is 1. The minimum absolute atomic E-state index is 0.149. The molecule has 28 heavy (non-hydrogen) atoms. The molecule has 6 heteroatoms. The Morgan fingerprint density at radius 3 is 2.71 bits per heavy atom. The van der Waals surface area contributed by atoms with Gasteiger partial charge in [0.15, 0.2) is 0 Å². The summed E-state index contributed by atoms with van der Waals surface area (Å²) >= 11 is 6.18. The van der Waals surface area contributed by atoms with Crippen LogP contribution in [0.2, 0.25) is 5.02 Å². The standard InChI is InChI=1S/C22H24ClN3O2/c1-16(14-26-12-11-24-17(26)2)13-25-22(27)19-8-4-6-10-21(19)28-15-18-7-3-5-9-20(18)23/h3-12,16H,13-15H2,1-2H3,(H,25,27). The third kappa shape index (κ3) is 5.14. The molecule has 0 saturated heterocycles. The molecule has 2 aromatic carbocycles. The van der Waals surface area contributed by atoms with Crippen molar-refractivity contribution < 1.29 is 9.53 Å². The lowest BCUT2D eigenvalue weighted by Gasteiger charge is -2.16. The van der Waals surface area contributed by atoms with E-state index in [2.05, 4.69) is 21.8 Å². The number of aromatic nitrogens is 2. The van der Waals surface area contributed by atoms with Crippen molar-refractivity contribution in [3.63, 3.8) is 0 Å². The molecular weight excluding hydrogens is 374 g/mol. The van der Waals surface area contributed by atoms with Gasteiger partial charge in [-0.1, -0.05) is 48.9 Å². The molecule has 0 aliphatic heterocycles. The minimum Gasteiger partial charge on any atom is -0.488 e. The summed E-state index contributed by atoms with van der Waals surface area (Å²) in [7, 11) is 0. The summed E-state index contributed by atoms with van der Waals surface area (Å²) in [6, 6.07) is 14.8. The van der Waals surface area contributed by atoms with Crippen LogP contribution >= 0.6 is 11.6 Å². The number of carbonyl (C=O) groups is 1. The number of aryl methyl sites for hydroxylation is 1. The maximum atomic E-state index is 12.7. The van der Waals surface area contributed by atoms with Crippen molar-refractivity contribution in [1.29, 1.82) is 0 Å². The van der Waals surface area contributed by atoms with Gasteiger partial charge in [-0.15, -0.1) is 0 Å². The van der Waals surface area contributed by atoms with E-state index in [-0.39, 0.29) is 11.8 Å². The van der Waals surface area contributed by atoms with Crippen LogP contribution in [-0.4, -0.2) is 22.0 Å². The molecule has 1 heterocycles. The van der Waals surface area contributed by atoms with Crippen LogP contribution in [0.1, 0.15) is 28.7 Å². The molecule has 1 amide bonds. The molecule has 3 rings (SSSR count). The summed E-state index contributed by atoms with van der Waals surface area (Å²) in [4.78, 5) is 16.9. The van der Waals surface area contributed by atoms with Crippen LogP contribution in [0.15, 0.2) is 60.9 Å². The molecule has 0 aliphatic carbocycles. The first-order valence-corrected chi connectivity index (χ1v) is 9.63. The molecule has 0 aliphatic rings. The molecule has 1 unspecified atom stereocenters. The molecule has 146 valence electrons. The molecule has 5 nitrogen and oxygen atoms in total. The summed E-state index contributed by atoms with van der Waals surface area (Å²) in [6.45, 7) is 5.74. The van der Waals surface area contributed by atoms with Gasteiger partial charge in [0.05, 0.1) is 5.56 Å². The van der Waals surface area contributed by atoms with E-state index >= 15 is 0 Å². The van der Waals surface area contributed by atoms with Gasteiger partial charge in [-0.2, -0.15) is 0 Å². The zero-order valence-electron chi connectivity index (χ0n) is 16.1. The number of imidazole rings is 1. The number of halogens is 1. The summed E-state index contributed by atoms with van der Waals surface area (Å²) in [5.41, 5.74) is 1.39. The molecule has 1 aromatic heterocycles. The van der Waals surface area contributed by atoms with Crippen LogP contribution < -0.4 is 10.1 Å². The van der Waals surface area contributed by atoms with Crippen LogP contribution in [0.5, 0.6) is 5.75 Å². The molecular formula is C22H24ClN3O2. The maximum absolute atomic E-state index is 12.7. The van der Waals surface area contributed by atoms with E-state index in [1.54, 1.807) is 18.3 Å². The maximum Gasteiger partial charge on any atom is 0.255 e. The fourth-order valence-electron chi connectivity index (χ4n) is 2.91. The van der Waals surface area contributed by atoms with E-state index in [4.69, 9.17) is 16.3 Å². The number of nitrogens with zero attached hydrogens (tertiary/aromatic N) is 2.